The molecule has 0 bridgehead atoms. The summed E-state index contributed by atoms with van der Waals surface area (Å²) in [5.41, 5.74) is 0.985. The molecule has 0 atom stereocenters. The lowest BCUT2D eigenvalue weighted by molar-refractivity contribution is 0.472. The summed E-state index contributed by atoms with van der Waals surface area (Å²) in [5, 5.41) is 6.11. The number of sulfone groups is 1. The highest BCUT2D eigenvalue weighted by Crippen LogP contribution is 2.09. The standard InChI is InChI=1S/C12H22N4O2S2.HI/c1-5-20(17,18)7-6-14-12(13-3)16(4)8-11-9-19-10(2)15-11;/h9H,5-8H2,1-4H3,(H,13,14);1H. The maximum absolute atomic E-state index is 11.4. The van der Waals surface area contributed by atoms with Crippen molar-refractivity contribution in [3.8, 4) is 0 Å². The van der Waals surface area contributed by atoms with Gasteiger partial charge in [-0.05, 0) is 6.92 Å². The molecule has 0 amide bonds. The first kappa shape index (κ1) is 20.6. The summed E-state index contributed by atoms with van der Waals surface area (Å²) in [7, 11) is 0.630. The zero-order chi connectivity index (χ0) is 15.2. The summed E-state index contributed by atoms with van der Waals surface area (Å²) in [6, 6.07) is 0. The van der Waals surface area contributed by atoms with E-state index in [2.05, 4.69) is 15.3 Å². The van der Waals surface area contributed by atoms with Crippen LogP contribution in [0, 0.1) is 6.92 Å². The van der Waals surface area contributed by atoms with Gasteiger partial charge in [0.05, 0.1) is 23.0 Å². The molecule has 0 saturated carbocycles. The Bertz CT molecular complexity index is 557. The van der Waals surface area contributed by atoms with E-state index < -0.39 is 9.84 Å². The third kappa shape index (κ3) is 7.41. The lowest BCUT2D eigenvalue weighted by Crippen LogP contribution is -2.40. The minimum Gasteiger partial charge on any atom is -0.355 e. The minimum absolute atomic E-state index is 0. The maximum Gasteiger partial charge on any atom is 0.193 e. The van der Waals surface area contributed by atoms with Crippen molar-refractivity contribution < 1.29 is 8.42 Å². The Hall–Kier alpha value is -0.420. The zero-order valence-corrected chi connectivity index (χ0v) is 16.8. The monoisotopic (exact) mass is 446 g/mol. The summed E-state index contributed by atoms with van der Waals surface area (Å²) in [6.07, 6.45) is 0. The zero-order valence-electron chi connectivity index (χ0n) is 12.8. The quantitative estimate of drug-likeness (QED) is 0.408. The molecular weight excluding hydrogens is 423 g/mol. The van der Waals surface area contributed by atoms with E-state index in [1.165, 1.54) is 0 Å². The van der Waals surface area contributed by atoms with Gasteiger partial charge >= 0.3 is 0 Å². The lowest BCUT2D eigenvalue weighted by Gasteiger charge is -2.21. The van der Waals surface area contributed by atoms with Crippen LogP contribution < -0.4 is 5.32 Å². The van der Waals surface area contributed by atoms with E-state index in [0.717, 1.165) is 10.7 Å². The van der Waals surface area contributed by atoms with Gasteiger partial charge in [0.2, 0.25) is 0 Å². The van der Waals surface area contributed by atoms with Crippen LogP contribution in [0.1, 0.15) is 17.6 Å². The first-order valence-corrected chi connectivity index (χ1v) is 9.11. The molecule has 0 spiro atoms. The molecule has 9 heteroatoms. The van der Waals surface area contributed by atoms with Crippen LogP contribution in [0.2, 0.25) is 0 Å². The number of halogens is 1. The predicted octanol–water partition coefficient (Wildman–Crippen LogP) is 1.51. The number of thiazole rings is 1. The maximum atomic E-state index is 11.4. The van der Waals surface area contributed by atoms with E-state index in [1.54, 1.807) is 25.3 Å². The number of aliphatic imine (C=N–C) groups is 1. The molecule has 0 unspecified atom stereocenters. The number of hydrogen-bond donors (Lipinski definition) is 1. The van der Waals surface area contributed by atoms with Crippen molar-refractivity contribution in [2.45, 2.75) is 20.4 Å². The Balaban J connectivity index is 0.00000400. The summed E-state index contributed by atoms with van der Waals surface area (Å²) in [4.78, 5) is 10.5. The second-order valence-corrected chi connectivity index (χ2v) is 7.96. The van der Waals surface area contributed by atoms with Crippen LogP contribution in [0.25, 0.3) is 0 Å². The first-order chi connectivity index (χ1) is 9.38. The first-order valence-electron chi connectivity index (χ1n) is 6.41. The Labute approximate surface area is 148 Å². The van der Waals surface area contributed by atoms with Gasteiger partial charge in [0.25, 0.3) is 0 Å². The van der Waals surface area contributed by atoms with E-state index in [1.807, 2.05) is 24.3 Å². The number of guanidine groups is 1. The van der Waals surface area contributed by atoms with E-state index in [-0.39, 0.29) is 35.5 Å². The number of aryl methyl sites for hydroxylation is 1. The van der Waals surface area contributed by atoms with Gasteiger partial charge in [-0.15, -0.1) is 35.3 Å². The molecule has 21 heavy (non-hydrogen) atoms. The number of rotatable bonds is 6. The van der Waals surface area contributed by atoms with E-state index in [4.69, 9.17) is 0 Å². The molecule has 6 nitrogen and oxygen atoms in total. The van der Waals surface area contributed by atoms with Crippen molar-refractivity contribution in [2.24, 2.45) is 4.99 Å². The highest BCUT2D eigenvalue weighted by molar-refractivity contribution is 14.0. The van der Waals surface area contributed by atoms with Crippen LogP contribution in [-0.4, -0.2) is 56.4 Å². The van der Waals surface area contributed by atoms with Crippen molar-refractivity contribution >= 4 is 51.1 Å². The molecule has 1 N–H and O–H groups in total. The van der Waals surface area contributed by atoms with Crippen molar-refractivity contribution in [3.63, 3.8) is 0 Å². The molecule has 1 heterocycles. The lowest BCUT2D eigenvalue weighted by atomic mass is 10.4. The molecule has 0 aromatic carbocycles. The molecule has 1 aromatic rings. The Morgan fingerprint density at radius 2 is 2.19 bits per heavy atom. The van der Waals surface area contributed by atoms with Crippen molar-refractivity contribution in [2.75, 3.05) is 32.1 Å². The molecule has 0 radical (unpaired) electrons. The molecule has 1 aromatic heterocycles. The fourth-order valence-corrected chi connectivity index (χ4v) is 2.95. The van der Waals surface area contributed by atoms with Crippen LogP contribution >= 0.6 is 35.3 Å². The van der Waals surface area contributed by atoms with Gasteiger partial charge in [-0.1, -0.05) is 6.92 Å². The van der Waals surface area contributed by atoms with Crippen LogP contribution in [0.5, 0.6) is 0 Å². The fourth-order valence-electron chi connectivity index (χ4n) is 1.65. The fraction of sp³-hybridized carbons (Fsp3) is 0.667. The molecule has 1 rings (SSSR count). The average Bonchev–Trinajstić information content (AvgIpc) is 2.80. The van der Waals surface area contributed by atoms with E-state index in [9.17, 15) is 8.42 Å². The van der Waals surface area contributed by atoms with Gasteiger partial charge < -0.3 is 10.2 Å². The summed E-state index contributed by atoms with van der Waals surface area (Å²) < 4.78 is 22.9. The molecular formula is C12H23IN4O2S2. The van der Waals surface area contributed by atoms with Crippen molar-refractivity contribution in [1.82, 2.24) is 15.2 Å². The molecule has 0 aliphatic rings. The smallest absolute Gasteiger partial charge is 0.193 e. The molecule has 0 fully saturated rings. The average molecular weight is 446 g/mol. The third-order valence-corrected chi connectivity index (χ3v) is 5.30. The van der Waals surface area contributed by atoms with Crippen molar-refractivity contribution in [1.29, 1.82) is 0 Å². The summed E-state index contributed by atoms with van der Waals surface area (Å²) in [6.45, 7) is 4.63. The minimum atomic E-state index is -2.95. The predicted molar refractivity (Wildman–Crippen MR) is 99.4 cm³/mol. The van der Waals surface area contributed by atoms with Gasteiger partial charge in [0.15, 0.2) is 15.8 Å². The summed E-state index contributed by atoms with van der Waals surface area (Å²) in [5.74, 6) is 0.954. The molecule has 122 valence electrons. The van der Waals surface area contributed by atoms with Crippen molar-refractivity contribution in [3.05, 3.63) is 16.1 Å². The van der Waals surface area contributed by atoms with Crippen LogP contribution in [0.4, 0.5) is 0 Å². The second-order valence-electron chi connectivity index (χ2n) is 4.42. The van der Waals surface area contributed by atoms with Crippen LogP contribution in [0.15, 0.2) is 10.4 Å². The SMILES string of the molecule is CCS(=O)(=O)CCNC(=NC)N(C)Cc1csc(C)n1.I. The molecule has 0 saturated heterocycles. The Kier molecular flexibility index (Phi) is 9.38. The number of nitrogens with one attached hydrogen (secondary N) is 1. The van der Waals surface area contributed by atoms with Gasteiger partial charge in [-0.25, -0.2) is 13.4 Å². The highest BCUT2D eigenvalue weighted by atomic mass is 127. The van der Waals surface area contributed by atoms with Gasteiger partial charge in [-0.2, -0.15) is 0 Å². The van der Waals surface area contributed by atoms with E-state index in [0.29, 0.717) is 19.0 Å². The number of hydrogen-bond acceptors (Lipinski definition) is 5. The second kappa shape index (κ2) is 9.57. The van der Waals surface area contributed by atoms with Crippen LogP contribution in [-0.2, 0) is 16.4 Å². The molecule has 0 aliphatic carbocycles. The van der Waals surface area contributed by atoms with Gasteiger partial charge in [-0.3, -0.25) is 4.99 Å². The summed E-state index contributed by atoms with van der Waals surface area (Å²) >= 11 is 1.61. The third-order valence-electron chi connectivity index (χ3n) is 2.78. The largest absolute Gasteiger partial charge is 0.355 e. The Morgan fingerprint density at radius 1 is 1.52 bits per heavy atom. The van der Waals surface area contributed by atoms with Gasteiger partial charge in [0, 0.05) is 31.8 Å². The topological polar surface area (TPSA) is 74.7 Å². The molecule has 0 aliphatic heterocycles. The van der Waals surface area contributed by atoms with Gasteiger partial charge in [0.1, 0.15) is 0 Å². The number of aromatic nitrogens is 1. The Morgan fingerprint density at radius 3 is 2.67 bits per heavy atom. The highest BCUT2D eigenvalue weighted by Gasteiger charge is 2.11. The normalized spacial score (nSPS) is 11.9. The van der Waals surface area contributed by atoms with Crippen LogP contribution in [0.3, 0.4) is 0 Å². The van der Waals surface area contributed by atoms with E-state index >= 15 is 0 Å². The number of nitrogens with zero attached hydrogens (tertiary/aromatic N) is 3.